The highest BCUT2D eigenvalue weighted by Gasteiger charge is 2.50. The third-order valence-corrected chi connectivity index (χ3v) is 15.8. The molecule has 0 saturated heterocycles. The Labute approximate surface area is 352 Å². The summed E-state index contributed by atoms with van der Waals surface area (Å²) in [5, 5.41) is 4.06. The van der Waals surface area contributed by atoms with Gasteiger partial charge in [0.05, 0.1) is 11.4 Å². The highest BCUT2D eigenvalue weighted by molar-refractivity contribution is 7.34. The van der Waals surface area contributed by atoms with E-state index in [2.05, 4.69) is 195 Å². The maximum absolute atomic E-state index is 2.65. The van der Waals surface area contributed by atoms with Crippen LogP contribution >= 0.6 is 22.7 Å². The summed E-state index contributed by atoms with van der Waals surface area (Å²) in [5.74, 6) is 0. The van der Waals surface area contributed by atoms with E-state index in [9.17, 15) is 0 Å². The molecule has 0 radical (unpaired) electrons. The molecular formula is C53H51BN2S2. The van der Waals surface area contributed by atoms with Crippen molar-refractivity contribution in [2.24, 2.45) is 0 Å². The van der Waals surface area contributed by atoms with Crippen molar-refractivity contribution in [3.63, 3.8) is 0 Å². The maximum atomic E-state index is 2.65. The summed E-state index contributed by atoms with van der Waals surface area (Å²) in [7, 11) is 0. The first-order valence-corrected chi connectivity index (χ1v) is 22.6. The predicted molar refractivity (Wildman–Crippen MR) is 257 cm³/mol. The van der Waals surface area contributed by atoms with E-state index in [1.165, 1.54) is 108 Å². The Balaban J connectivity index is 1.27. The number of benzene rings is 6. The van der Waals surface area contributed by atoms with E-state index in [1.807, 2.05) is 22.7 Å². The summed E-state index contributed by atoms with van der Waals surface area (Å²) >= 11 is 3.93. The van der Waals surface area contributed by atoms with E-state index >= 15 is 0 Å². The summed E-state index contributed by atoms with van der Waals surface area (Å²) in [4.78, 5) is 5.29. The van der Waals surface area contributed by atoms with Crippen molar-refractivity contribution in [3.8, 4) is 0 Å². The second kappa shape index (κ2) is 11.7. The zero-order valence-corrected chi connectivity index (χ0v) is 37.3. The van der Waals surface area contributed by atoms with Gasteiger partial charge < -0.3 is 9.80 Å². The Morgan fingerprint density at radius 3 is 1.79 bits per heavy atom. The first kappa shape index (κ1) is 36.3. The van der Waals surface area contributed by atoms with Crippen molar-refractivity contribution in [2.45, 2.75) is 97.8 Å². The number of anilines is 6. The first-order chi connectivity index (χ1) is 27.4. The smallest absolute Gasteiger partial charge is 0.264 e. The van der Waals surface area contributed by atoms with Crippen LogP contribution in [0.3, 0.4) is 0 Å². The molecule has 2 aromatic heterocycles. The quantitative estimate of drug-likeness (QED) is 0.153. The number of nitrogens with zero attached hydrogens (tertiary/aromatic N) is 2. The largest absolute Gasteiger partial charge is 0.311 e. The molecule has 6 aromatic carbocycles. The summed E-state index contributed by atoms with van der Waals surface area (Å²) in [6.45, 7) is 26.0. The number of thiophene rings is 2. The third kappa shape index (κ3) is 4.96. The lowest BCUT2D eigenvalue weighted by atomic mass is 9.35. The predicted octanol–water partition coefficient (Wildman–Crippen LogP) is 13.9. The molecule has 0 spiro atoms. The molecule has 0 aliphatic carbocycles. The van der Waals surface area contributed by atoms with Gasteiger partial charge >= 0.3 is 0 Å². The van der Waals surface area contributed by atoms with E-state index in [-0.39, 0.29) is 28.4 Å². The van der Waals surface area contributed by atoms with Gasteiger partial charge in [-0.3, -0.25) is 0 Å². The van der Waals surface area contributed by atoms with Gasteiger partial charge in [0.25, 0.3) is 6.71 Å². The first-order valence-electron chi connectivity index (χ1n) is 21.0. The average Bonchev–Trinajstić information content (AvgIpc) is 3.72. The lowest BCUT2D eigenvalue weighted by molar-refractivity contribution is 0.580. The molecule has 0 unspecified atom stereocenters. The molecule has 8 aromatic rings. The minimum absolute atomic E-state index is 0.00725. The Hall–Kier alpha value is -4.84. The molecule has 0 fully saturated rings. The van der Waals surface area contributed by atoms with Crippen LogP contribution in [-0.4, -0.2) is 6.71 Å². The van der Waals surface area contributed by atoms with Gasteiger partial charge in [0.1, 0.15) is 0 Å². The lowest BCUT2D eigenvalue weighted by Gasteiger charge is -2.50. The molecule has 5 heteroatoms. The zero-order valence-electron chi connectivity index (χ0n) is 35.7. The second-order valence-corrected chi connectivity index (χ2v) is 22.9. The molecule has 3 aliphatic rings. The van der Waals surface area contributed by atoms with Gasteiger partial charge in [-0.1, -0.05) is 137 Å². The van der Waals surface area contributed by atoms with Crippen LogP contribution in [0.4, 0.5) is 34.1 Å². The minimum Gasteiger partial charge on any atom is -0.311 e. The van der Waals surface area contributed by atoms with Crippen molar-refractivity contribution >= 4 is 109 Å². The van der Waals surface area contributed by atoms with Crippen LogP contribution in [0.1, 0.15) is 104 Å². The number of rotatable bonds is 1. The molecule has 0 atom stereocenters. The van der Waals surface area contributed by atoms with Gasteiger partial charge in [0, 0.05) is 63.2 Å². The van der Waals surface area contributed by atoms with E-state index < -0.39 is 0 Å². The molecule has 11 rings (SSSR count). The van der Waals surface area contributed by atoms with Gasteiger partial charge in [-0.05, 0) is 104 Å². The van der Waals surface area contributed by atoms with Crippen molar-refractivity contribution in [1.29, 1.82) is 0 Å². The molecule has 0 N–H and O–H groups in total. The van der Waals surface area contributed by atoms with Crippen molar-refractivity contribution < 1.29 is 0 Å². The normalized spacial score (nSPS) is 15.5. The van der Waals surface area contributed by atoms with Crippen LogP contribution in [0.2, 0.25) is 0 Å². The fourth-order valence-electron chi connectivity index (χ4n) is 10.2. The molecule has 3 aliphatic heterocycles. The Bertz CT molecular complexity index is 3050. The number of hydrogen-bond donors (Lipinski definition) is 0. The molecule has 0 amide bonds. The molecule has 58 heavy (non-hydrogen) atoms. The SMILES string of the molecule is CC(C)(C)c1ccc(N2c3ccc4c5c3B(c3cc(C(C)(C)C)ccc3N5c3ccc(C(C)(C)C)cc3C4(C)C)c3sc4cc5c(cc4c32)sc2ccccc25)cc1. The van der Waals surface area contributed by atoms with Crippen LogP contribution in [0.5, 0.6) is 0 Å². The summed E-state index contributed by atoms with van der Waals surface area (Å²) < 4.78 is 5.50. The number of fused-ring (bicyclic) bond motifs is 12. The Kier molecular flexibility index (Phi) is 7.30. The Morgan fingerprint density at radius 2 is 1.09 bits per heavy atom. The van der Waals surface area contributed by atoms with Crippen LogP contribution in [0, 0.1) is 0 Å². The summed E-state index contributed by atoms with van der Waals surface area (Å²) in [6.07, 6.45) is 0. The molecule has 2 nitrogen and oxygen atoms in total. The summed E-state index contributed by atoms with van der Waals surface area (Å²) in [6, 6.07) is 43.1. The molecule has 0 bridgehead atoms. The average molecular weight is 791 g/mol. The van der Waals surface area contributed by atoms with Gasteiger partial charge in [-0.2, -0.15) is 0 Å². The third-order valence-electron chi connectivity index (χ3n) is 13.5. The fourth-order valence-corrected chi connectivity index (χ4v) is 12.6. The monoisotopic (exact) mass is 790 g/mol. The van der Waals surface area contributed by atoms with Crippen LogP contribution in [0.25, 0.3) is 30.3 Å². The van der Waals surface area contributed by atoms with E-state index in [0.29, 0.717) is 0 Å². The van der Waals surface area contributed by atoms with Crippen LogP contribution in [0.15, 0.2) is 109 Å². The molecule has 0 saturated carbocycles. The molecular weight excluding hydrogens is 740 g/mol. The van der Waals surface area contributed by atoms with Crippen LogP contribution < -0.4 is 25.5 Å². The van der Waals surface area contributed by atoms with Gasteiger partial charge in [-0.15, -0.1) is 22.7 Å². The fraction of sp³-hybridized carbons (Fsp3) is 0.283. The van der Waals surface area contributed by atoms with Crippen molar-refractivity contribution in [3.05, 3.63) is 137 Å². The molecule has 5 heterocycles. The van der Waals surface area contributed by atoms with E-state index in [1.54, 1.807) is 0 Å². The maximum Gasteiger partial charge on any atom is 0.264 e. The minimum atomic E-state index is -0.199. The highest BCUT2D eigenvalue weighted by atomic mass is 32.1. The van der Waals surface area contributed by atoms with Crippen LogP contribution in [-0.2, 0) is 21.7 Å². The second-order valence-electron chi connectivity index (χ2n) is 20.7. The topological polar surface area (TPSA) is 6.48 Å². The Morgan fingerprint density at radius 1 is 0.483 bits per heavy atom. The van der Waals surface area contributed by atoms with Gasteiger partial charge in [0.15, 0.2) is 0 Å². The summed E-state index contributed by atoms with van der Waals surface area (Å²) in [5.41, 5.74) is 17.5. The van der Waals surface area contributed by atoms with Gasteiger partial charge in [-0.25, -0.2) is 0 Å². The van der Waals surface area contributed by atoms with Crippen molar-refractivity contribution in [2.75, 3.05) is 9.80 Å². The molecule has 288 valence electrons. The van der Waals surface area contributed by atoms with E-state index in [0.717, 1.165) is 0 Å². The zero-order chi connectivity index (χ0) is 40.4. The van der Waals surface area contributed by atoms with Crippen molar-refractivity contribution in [1.82, 2.24) is 0 Å². The number of hydrogen-bond acceptors (Lipinski definition) is 4. The highest BCUT2D eigenvalue weighted by Crippen LogP contribution is 2.56. The standard InChI is InChI=1S/C53H51BN2S2/c1-50(2,3)30-16-20-33(21-17-30)55-42-25-22-37-48-46(42)54(49-47(55)36-29-44-35(28-45(36)58-49)34-14-12-13-15-43(34)57-44)39-27-32(52(7,8)9)19-24-41(39)56(48)40-23-18-31(51(4,5)6)26-38(40)53(37,10)11/h12-29H,1-11H3. The van der Waals surface area contributed by atoms with E-state index in [4.69, 9.17) is 0 Å². The lowest BCUT2D eigenvalue weighted by Crippen LogP contribution is -2.61. The van der Waals surface area contributed by atoms with Gasteiger partial charge in [0.2, 0.25) is 0 Å².